The third-order valence-electron chi connectivity index (χ3n) is 4.94. The Morgan fingerprint density at radius 1 is 1.38 bits per heavy atom. The van der Waals surface area contributed by atoms with Crippen molar-refractivity contribution < 1.29 is 13.6 Å². The van der Waals surface area contributed by atoms with Gasteiger partial charge in [-0.3, -0.25) is 4.79 Å². The summed E-state index contributed by atoms with van der Waals surface area (Å²) < 4.78 is 28.4. The molecule has 1 fully saturated rings. The lowest BCUT2D eigenvalue weighted by molar-refractivity contribution is -0.118. The zero-order chi connectivity index (χ0) is 20.6. The number of amides is 1. The van der Waals surface area contributed by atoms with Crippen LogP contribution in [0.3, 0.4) is 0 Å². The fourth-order valence-electron chi connectivity index (χ4n) is 3.64. The maximum Gasteiger partial charge on any atom is 0.248 e. The van der Waals surface area contributed by atoms with Crippen LogP contribution in [-0.2, 0) is 11.8 Å². The zero-order valence-corrected chi connectivity index (χ0v) is 17.8. The summed E-state index contributed by atoms with van der Waals surface area (Å²) in [7, 11) is 1.67. The number of carbonyl (C=O) groups is 1. The summed E-state index contributed by atoms with van der Waals surface area (Å²) in [6, 6.07) is 7.09. The highest BCUT2D eigenvalue weighted by atomic mass is 79.9. The molecular formula is C18H17BrF2N6OS. The number of rotatable bonds is 5. The molecule has 4 rings (SSSR count). The lowest BCUT2D eigenvalue weighted by Crippen LogP contribution is -2.27. The van der Waals surface area contributed by atoms with Gasteiger partial charge in [-0.1, -0.05) is 24.3 Å². The number of halogens is 3. The predicted octanol–water partition coefficient (Wildman–Crippen LogP) is 4.25. The van der Waals surface area contributed by atoms with Crippen LogP contribution >= 0.6 is 27.3 Å². The highest BCUT2D eigenvalue weighted by Gasteiger charge is 2.45. The van der Waals surface area contributed by atoms with Crippen molar-refractivity contribution in [3.63, 3.8) is 0 Å². The van der Waals surface area contributed by atoms with Gasteiger partial charge in [-0.2, -0.15) is 4.80 Å². The van der Waals surface area contributed by atoms with Crippen LogP contribution in [0.15, 0.2) is 34.2 Å². The Bertz CT molecular complexity index is 1020. The molecule has 2 unspecified atom stereocenters. The summed E-state index contributed by atoms with van der Waals surface area (Å²) in [6.45, 7) is 0. The highest BCUT2D eigenvalue weighted by Crippen LogP contribution is 2.46. The fraction of sp³-hybridized carbons (Fsp3) is 0.389. The molecule has 152 valence electrons. The van der Waals surface area contributed by atoms with E-state index in [1.807, 2.05) is 0 Å². The number of hydrogen-bond donors (Lipinski definition) is 1. The second-order valence-electron chi connectivity index (χ2n) is 7.03. The summed E-state index contributed by atoms with van der Waals surface area (Å²) >= 11 is 4.52. The van der Waals surface area contributed by atoms with Crippen molar-refractivity contribution in [1.82, 2.24) is 25.2 Å². The fourth-order valence-corrected chi connectivity index (χ4v) is 4.79. The van der Waals surface area contributed by atoms with Crippen molar-refractivity contribution >= 4 is 38.3 Å². The molecule has 0 radical (unpaired) electrons. The maximum absolute atomic E-state index is 13.9. The molecule has 7 nitrogen and oxygen atoms in total. The van der Waals surface area contributed by atoms with Crippen LogP contribution in [0.5, 0.6) is 0 Å². The quantitative estimate of drug-likeness (QED) is 0.587. The van der Waals surface area contributed by atoms with Gasteiger partial charge in [-0.05, 0) is 39.0 Å². The molecule has 11 heteroatoms. The van der Waals surface area contributed by atoms with Gasteiger partial charge < -0.3 is 5.32 Å². The number of benzene rings is 1. The number of anilines is 1. The Hall–Kier alpha value is -2.27. The van der Waals surface area contributed by atoms with Crippen molar-refractivity contribution in [1.29, 1.82) is 0 Å². The number of nitrogens with zero attached hydrogens (tertiary/aromatic N) is 5. The number of carbonyl (C=O) groups excluding carboxylic acids is 1. The largest absolute Gasteiger partial charge is 0.301 e. The minimum Gasteiger partial charge on any atom is -0.301 e. The van der Waals surface area contributed by atoms with Crippen LogP contribution in [-0.4, -0.2) is 37.0 Å². The molecule has 1 aromatic carbocycles. The van der Waals surface area contributed by atoms with Crippen molar-refractivity contribution in [2.24, 2.45) is 13.0 Å². The lowest BCUT2D eigenvalue weighted by atomic mass is 9.83. The van der Waals surface area contributed by atoms with Crippen LogP contribution in [0.4, 0.5) is 13.9 Å². The van der Waals surface area contributed by atoms with E-state index in [9.17, 15) is 13.6 Å². The van der Waals surface area contributed by atoms with Gasteiger partial charge in [-0.15, -0.1) is 21.5 Å². The first-order valence-corrected chi connectivity index (χ1v) is 10.6. The van der Waals surface area contributed by atoms with E-state index in [-0.39, 0.29) is 18.7 Å². The average molecular weight is 483 g/mol. The van der Waals surface area contributed by atoms with E-state index >= 15 is 0 Å². The van der Waals surface area contributed by atoms with Crippen molar-refractivity contribution in [2.45, 2.75) is 31.1 Å². The van der Waals surface area contributed by atoms with E-state index < -0.39 is 17.8 Å². The number of aromatic nitrogens is 5. The summed E-state index contributed by atoms with van der Waals surface area (Å²) in [4.78, 5) is 18.6. The Morgan fingerprint density at radius 3 is 2.69 bits per heavy atom. The molecule has 2 heterocycles. The molecule has 1 saturated carbocycles. The van der Waals surface area contributed by atoms with Crippen LogP contribution in [0.2, 0.25) is 0 Å². The molecule has 2 atom stereocenters. The molecule has 1 amide bonds. The second-order valence-corrected chi connectivity index (χ2v) is 8.70. The van der Waals surface area contributed by atoms with E-state index in [0.717, 1.165) is 5.56 Å². The molecule has 1 N–H and O–H groups in total. The first kappa shape index (κ1) is 20.0. The summed E-state index contributed by atoms with van der Waals surface area (Å²) in [5.41, 5.74) is 1.41. The zero-order valence-electron chi connectivity index (χ0n) is 15.3. The summed E-state index contributed by atoms with van der Waals surface area (Å²) in [5, 5.41) is 16.9. The minimum atomic E-state index is -2.74. The lowest BCUT2D eigenvalue weighted by Gasteiger charge is -2.23. The maximum atomic E-state index is 13.9. The third kappa shape index (κ3) is 4.50. The number of hydrogen-bond acceptors (Lipinski definition) is 6. The summed E-state index contributed by atoms with van der Waals surface area (Å²) in [5.74, 6) is -3.76. The molecule has 1 aliphatic rings. The molecule has 1 aliphatic carbocycles. The monoisotopic (exact) mass is 482 g/mol. The van der Waals surface area contributed by atoms with Gasteiger partial charge in [0.1, 0.15) is 4.60 Å². The Morgan fingerprint density at radius 2 is 2.14 bits per heavy atom. The highest BCUT2D eigenvalue weighted by molar-refractivity contribution is 9.10. The van der Waals surface area contributed by atoms with E-state index in [0.29, 0.717) is 27.5 Å². The first-order valence-electron chi connectivity index (χ1n) is 8.95. The third-order valence-corrected chi connectivity index (χ3v) is 6.41. The normalized spacial score (nSPS) is 19.2. The first-order chi connectivity index (χ1) is 13.8. The average Bonchev–Trinajstić information content (AvgIpc) is 3.37. The SMILES string of the molecule is Cn1nnc(-c2ccc(C(C(=O)Nc3nc(Br)cs3)C3CCC(F)(F)C3)cc2)n1. The number of nitrogens with one attached hydrogen (secondary N) is 1. The Kier molecular flexibility index (Phi) is 5.43. The van der Waals surface area contributed by atoms with Crippen LogP contribution in [0.1, 0.15) is 30.7 Å². The van der Waals surface area contributed by atoms with Crippen molar-refractivity contribution in [3.05, 3.63) is 39.8 Å². The molecular weight excluding hydrogens is 466 g/mol. The topological polar surface area (TPSA) is 85.6 Å². The van der Waals surface area contributed by atoms with Gasteiger partial charge in [-0.25, -0.2) is 13.8 Å². The van der Waals surface area contributed by atoms with Gasteiger partial charge in [0.25, 0.3) is 0 Å². The molecule has 0 aliphatic heterocycles. The second kappa shape index (κ2) is 7.86. The van der Waals surface area contributed by atoms with Gasteiger partial charge in [0.15, 0.2) is 5.13 Å². The number of tetrazole rings is 1. The summed E-state index contributed by atoms with van der Waals surface area (Å²) in [6.07, 6.45) is -0.216. The number of alkyl halides is 2. The molecule has 0 bridgehead atoms. The van der Waals surface area contributed by atoms with Crippen LogP contribution in [0, 0.1) is 5.92 Å². The molecule has 0 saturated heterocycles. The standard InChI is InChI=1S/C18H17BrF2N6OS/c1-27-25-15(24-26-27)11-4-2-10(3-5-11)14(12-6-7-18(20,21)8-12)16(28)23-17-22-13(19)9-29-17/h2-5,9,12,14H,6-8H2,1H3,(H,22,23,28). The Labute approximate surface area is 177 Å². The minimum absolute atomic E-state index is 0.203. The van der Waals surface area contributed by atoms with E-state index in [4.69, 9.17) is 0 Å². The van der Waals surface area contributed by atoms with Gasteiger partial charge in [0, 0.05) is 23.8 Å². The van der Waals surface area contributed by atoms with Gasteiger partial charge >= 0.3 is 0 Å². The molecule has 2 aromatic heterocycles. The van der Waals surface area contributed by atoms with Crippen LogP contribution in [0.25, 0.3) is 11.4 Å². The van der Waals surface area contributed by atoms with Crippen molar-refractivity contribution in [2.75, 3.05) is 5.32 Å². The van der Waals surface area contributed by atoms with Gasteiger partial charge in [0.05, 0.1) is 13.0 Å². The van der Waals surface area contributed by atoms with Crippen LogP contribution < -0.4 is 5.32 Å². The number of aryl methyl sites for hydroxylation is 1. The molecule has 29 heavy (non-hydrogen) atoms. The number of thiazole rings is 1. The van der Waals surface area contributed by atoms with Gasteiger partial charge in [0.2, 0.25) is 17.7 Å². The van der Waals surface area contributed by atoms with E-state index in [1.165, 1.54) is 16.1 Å². The van der Waals surface area contributed by atoms with E-state index in [1.54, 1.807) is 36.7 Å². The predicted molar refractivity (Wildman–Crippen MR) is 108 cm³/mol. The smallest absolute Gasteiger partial charge is 0.248 e. The molecule has 0 spiro atoms. The van der Waals surface area contributed by atoms with E-state index in [2.05, 4.69) is 41.6 Å². The molecule has 3 aromatic rings. The van der Waals surface area contributed by atoms with Crippen molar-refractivity contribution in [3.8, 4) is 11.4 Å². The Balaban J connectivity index is 1.61.